The van der Waals surface area contributed by atoms with Crippen LogP contribution in [0, 0.1) is 0 Å². The van der Waals surface area contributed by atoms with Crippen LogP contribution in [0.4, 0.5) is 14.5 Å². The minimum atomic E-state index is -2.73. The molecule has 0 amide bonds. The first-order valence-corrected chi connectivity index (χ1v) is 5.93. The van der Waals surface area contributed by atoms with Crippen LogP contribution < -0.4 is 5.73 Å². The lowest BCUT2D eigenvalue weighted by Gasteiger charge is -2.11. The van der Waals surface area contributed by atoms with E-state index in [0.717, 1.165) is 6.07 Å². The normalized spacial score (nSPS) is 10.6. The lowest BCUT2D eigenvalue weighted by molar-refractivity contribution is 0.0525. The first-order chi connectivity index (χ1) is 8.01. The fraction of sp³-hybridized carbons (Fsp3) is 0.400. The number of rotatable bonds is 4. The van der Waals surface area contributed by atoms with E-state index in [-0.39, 0.29) is 28.9 Å². The summed E-state index contributed by atoms with van der Waals surface area (Å²) in [5.74, 6) is -0.659. The summed E-state index contributed by atoms with van der Waals surface area (Å²) in [6.45, 7) is 1.82. The molecule has 0 fully saturated rings. The van der Waals surface area contributed by atoms with Crippen molar-refractivity contribution in [3.05, 3.63) is 23.0 Å². The number of hydrogen-bond acceptors (Lipinski definition) is 4. The van der Waals surface area contributed by atoms with E-state index in [0.29, 0.717) is 0 Å². The van der Waals surface area contributed by atoms with Crippen molar-refractivity contribution in [3.8, 4) is 0 Å². The average molecular weight is 309 g/mol. The van der Waals surface area contributed by atoms with Crippen molar-refractivity contribution in [3.63, 3.8) is 0 Å². The van der Waals surface area contributed by atoms with Crippen LogP contribution in [0.2, 0.25) is 0 Å². The number of carbonyl (C=O) groups excluding carboxylic acids is 1. The maximum atomic E-state index is 12.5. The van der Waals surface area contributed by atoms with E-state index in [2.05, 4.69) is 20.9 Å². The lowest BCUT2D eigenvalue weighted by atomic mass is 10.1. The van der Waals surface area contributed by atoms with Crippen molar-refractivity contribution in [2.75, 3.05) is 12.3 Å². The predicted molar refractivity (Wildman–Crippen MR) is 62.2 cm³/mol. The summed E-state index contributed by atoms with van der Waals surface area (Å²) in [6.07, 6.45) is -2.73. The van der Waals surface area contributed by atoms with Crippen molar-refractivity contribution in [2.24, 2.45) is 0 Å². The second kappa shape index (κ2) is 5.90. The molecular formula is C10H11BrF2N2O2. The van der Waals surface area contributed by atoms with Crippen LogP contribution >= 0.6 is 15.9 Å². The van der Waals surface area contributed by atoms with Gasteiger partial charge in [-0.1, -0.05) is 15.9 Å². The van der Waals surface area contributed by atoms with Gasteiger partial charge in [0.05, 0.1) is 18.0 Å². The minimum Gasteiger partial charge on any atom is -0.462 e. The Morgan fingerprint density at radius 1 is 1.65 bits per heavy atom. The largest absolute Gasteiger partial charge is 0.462 e. The third-order valence-corrected chi connectivity index (χ3v) is 2.51. The van der Waals surface area contributed by atoms with E-state index in [1.165, 1.54) is 0 Å². The standard InChI is InChI=1S/C10H11BrF2N2O2/c1-2-17-10(16)8-5(14)3-6(9(12)13)15-7(8)4-11/h3,9H,2,4H2,1H3,(H2,14,15). The Morgan fingerprint density at radius 3 is 2.76 bits per heavy atom. The van der Waals surface area contributed by atoms with Crippen molar-refractivity contribution in [1.82, 2.24) is 4.98 Å². The highest BCUT2D eigenvalue weighted by Crippen LogP contribution is 2.25. The highest BCUT2D eigenvalue weighted by molar-refractivity contribution is 9.08. The molecule has 1 rings (SSSR count). The molecule has 2 N–H and O–H groups in total. The number of carbonyl (C=O) groups is 1. The highest BCUT2D eigenvalue weighted by atomic mass is 79.9. The Hall–Kier alpha value is -1.24. The molecule has 0 aliphatic heterocycles. The van der Waals surface area contributed by atoms with Crippen LogP contribution in [0.3, 0.4) is 0 Å². The molecule has 0 saturated carbocycles. The summed E-state index contributed by atoms with van der Waals surface area (Å²) < 4.78 is 29.8. The number of halogens is 3. The molecule has 0 aliphatic rings. The molecule has 7 heteroatoms. The highest BCUT2D eigenvalue weighted by Gasteiger charge is 2.21. The molecule has 0 aromatic carbocycles. The van der Waals surface area contributed by atoms with E-state index in [4.69, 9.17) is 10.5 Å². The van der Waals surface area contributed by atoms with Gasteiger partial charge in [-0.3, -0.25) is 0 Å². The Kier molecular flexibility index (Phi) is 4.80. The second-order valence-electron chi connectivity index (χ2n) is 3.11. The maximum absolute atomic E-state index is 12.5. The van der Waals surface area contributed by atoms with Gasteiger partial charge in [0.2, 0.25) is 0 Å². The molecule has 0 aliphatic carbocycles. The van der Waals surface area contributed by atoms with Crippen LogP contribution in [-0.2, 0) is 10.1 Å². The lowest BCUT2D eigenvalue weighted by Crippen LogP contribution is -2.13. The maximum Gasteiger partial charge on any atom is 0.342 e. The first kappa shape index (κ1) is 13.8. The monoisotopic (exact) mass is 308 g/mol. The van der Waals surface area contributed by atoms with Crippen molar-refractivity contribution in [1.29, 1.82) is 0 Å². The number of hydrogen-bond donors (Lipinski definition) is 1. The number of esters is 1. The summed E-state index contributed by atoms with van der Waals surface area (Å²) in [4.78, 5) is 15.3. The Labute approximate surface area is 105 Å². The molecule has 0 atom stereocenters. The molecule has 1 heterocycles. The zero-order chi connectivity index (χ0) is 13.0. The van der Waals surface area contributed by atoms with Gasteiger partial charge in [0, 0.05) is 5.33 Å². The zero-order valence-electron chi connectivity index (χ0n) is 9.04. The van der Waals surface area contributed by atoms with Crippen LogP contribution in [-0.4, -0.2) is 17.6 Å². The number of pyridine rings is 1. The van der Waals surface area contributed by atoms with Crippen LogP contribution in [0.25, 0.3) is 0 Å². The summed E-state index contributed by atoms with van der Waals surface area (Å²) in [7, 11) is 0. The van der Waals surface area contributed by atoms with E-state index < -0.39 is 18.1 Å². The van der Waals surface area contributed by atoms with Crippen molar-refractivity contribution in [2.45, 2.75) is 18.7 Å². The van der Waals surface area contributed by atoms with E-state index in [1.807, 2.05) is 0 Å². The van der Waals surface area contributed by atoms with E-state index in [1.54, 1.807) is 6.92 Å². The number of aromatic nitrogens is 1. The number of nitrogen functional groups attached to an aromatic ring is 1. The quantitative estimate of drug-likeness (QED) is 0.686. The summed E-state index contributed by atoms with van der Waals surface area (Å²) in [5, 5.41) is 0.145. The topological polar surface area (TPSA) is 65.2 Å². The molecule has 0 saturated heterocycles. The number of ether oxygens (including phenoxy) is 1. The molecule has 1 aromatic heterocycles. The fourth-order valence-electron chi connectivity index (χ4n) is 1.29. The molecule has 17 heavy (non-hydrogen) atoms. The zero-order valence-corrected chi connectivity index (χ0v) is 10.6. The molecule has 0 radical (unpaired) electrons. The van der Waals surface area contributed by atoms with Gasteiger partial charge in [-0.15, -0.1) is 0 Å². The van der Waals surface area contributed by atoms with Crippen molar-refractivity contribution >= 4 is 27.6 Å². The number of anilines is 1. The Bertz CT molecular complexity index is 427. The van der Waals surface area contributed by atoms with Crippen LogP contribution in [0.5, 0.6) is 0 Å². The van der Waals surface area contributed by atoms with Gasteiger partial charge in [-0.05, 0) is 13.0 Å². The van der Waals surface area contributed by atoms with E-state index in [9.17, 15) is 13.6 Å². The van der Waals surface area contributed by atoms with Gasteiger partial charge in [-0.25, -0.2) is 18.6 Å². The second-order valence-corrected chi connectivity index (χ2v) is 3.67. The number of nitrogens with zero attached hydrogens (tertiary/aromatic N) is 1. The molecule has 0 spiro atoms. The van der Waals surface area contributed by atoms with Crippen molar-refractivity contribution < 1.29 is 18.3 Å². The molecule has 4 nitrogen and oxygen atoms in total. The van der Waals surface area contributed by atoms with Crippen LogP contribution in [0.1, 0.15) is 35.1 Å². The number of alkyl halides is 3. The third-order valence-electron chi connectivity index (χ3n) is 1.97. The molecule has 94 valence electrons. The Balaban J connectivity index is 3.25. The Morgan fingerprint density at radius 2 is 2.29 bits per heavy atom. The summed E-state index contributed by atoms with van der Waals surface area (Å²) >= 11 is 3.07. The number of nitrogens with two attached hydrogens (primary N) is 1. The smallest absolute Gasteiger partial charge is 0.342 e. The van der Waals surface area contributed by atoms with Gasteiger partial charge in [0.25, 0.3) is 6.43 Å². The molecule has 0 unspecified atom stereocenters. The fourth-order valence-corrected chi connectivity index (χ4v) is 1.70. The van der Waals surface area contributed by atoms with Gasteiger partial charge in [-0.2, -0.15) is 0 Å². The van der Waals surface area contributed by atoms with Gasteiger partial charge in [0.1, 0.15) is 11.3 Å². The van der Waals surface area contributed by atoms with Gasteiger partial charge in [0.15, 0.2) is 0 Å². The van der Waals surface area contributed by atoms with Crippen LogP contribution in [0.15, 0.2) is 6.07 Å². The third kappa shape index (κ3) is 3.12. The van der Waals surface area contributed by atoms with E-state index >= 15 is 0 Å². The predicted octanol–water partition coefficient (Wildman–Crippen LogP) is 2.67. The van der Waals surface area contributed by atoms with Gasteiger partial charge >= 0.3 is 5.97 Å². The van der Waals surface area contributed by atoms with Gasteiger partial charge < -0.3 is 10.5 Å². The first-order valence-electron chi connectivity index (χ1n) is 4.81. The molecule has 0 bridgehead atoms. The average Bonchev–Trinajstić information content (AvgIpc) is 2.27. The summed E-state index contributed by atoms with van der Waals surface area (Å²) in [6, 6.07) is 0.989. The molecular weight excluding hydrogens is 298 g/mol. The summed E-state index contributed by atoms with van der Waals surface area (Å²) in [5.41, 5.74) is 5.25. The molecule has 1 aromatic rings. The SMILES string of the molecule is CCOC(=O)c1c(N)cc(C(F)F)nc1CBr. The minimum absolute atomic E-state index is 0.0353.